The number of ether oxygens (including phenoxy) is 1. The van der Waals surface area contributed by atoms with Gasteiger partial charge in [-0.2, -0.15) is 0 Å². The van der Waals surface area contributed by atoms with Gasteiger partial charge in [-0.3, -0.25) is 14.4 Å². The molecule has 0 saturated heterocycles. The highest BCUT2D eigenvalue weighted by atomic mass is 16.5. The van der Waals surface area contributed by atoms with Gasteiger partial charge in [-0.1, -0.05) is 66.7 Å². The van der Waals surface area contributed by atoms with Crippen LogP contribution in [0.5, 0.6) is 5.75 Å². The Hall–Kier alpha value is -2.87. The van der Waals surface area contributed by atoms with Crippen LogP contribution >= 0.6 is 0 Å². The number of rotatable bonds is 11. The molecule has 0 fully saturated rings. The number of nitrogens with zero attached hydrogens (tertiary/aromatic N) is 1. The molecule has 36 heavy (non-hydrogen) atoms. The van der Waals surface area contributed by atoms with E-state index in [4.69, 9.17) is 10.5 Å². The molecule has 0 aliphatic rings. The first-order valence-electron chi connectivity index (χ1n) is 12.4. The Kier molecular flexibility index (Phi) is 10.7. The zero-order valence-electron chi connectivity index (χ0n) is 23.9. The Labute approximate surface area is 217 Å². The van der Waals surface area contributed by atoms with Crippen molar-refractivity contribution in [3.05, 3.63) is 41.5 Å². The van der Waals surface area contributed by atoms with Crippen LogP contribution in [0.4, 0.5) is 0 Å². The predicted octanol–water partition coefficient (Wildman–Crippen LogP) is 3.01. The summed E-state index contributed by atoms with van der Waals surface area (Å²) in [6.45, 7) is 15.3. The Bertz CT molecular complexity index is 945. The van der Waals surface area contributed by atoms with Crippen LogP contribution in [0, 0.1) is 11.3 Å². The van der Waals surface area contributed by atoms with Gasteiger partial charge in [0, 0.05) is 18.0 Å². The van der Waals surface area contributed by atoms with Crippen molar-refractivity contribution in [3.8, 4) is 5.75 Å². The van der Waals surface area contributed by atoms with Crippen molar-refractivity contribution in [2.75, 3.05) is 21.2 Å². The maximum absolute atomic E-state index is 13.8. The number of carbonyl (C=O) groups is 3. The molecule has 3 atom stereocenters. The number of likely N-dealkylation sites (N-methyl/N-ethyl adjacent to an activating group) is 2. The summed E-state index contributed by atoms with van der Waals surface area (Å²) in [5, 5.41) is 6.17. The Morgan fingerprint density at radius 1 is 1.03 bits per heavy atom. The summed E-state index contributed by atoms with van der Waals surface area (Å²) >= 11 is 0. The van der Waals surface area contributed by atoms with E-state index in [0.29, 0.717) is 5.57 Å². The van der Waals surface area contributed by atoms with Crippen LogP contribution in [-0.4, -0.2) is 62.0 Å². The Balaban J connectivity index is 3.30. The standard InChI is InChI=1S/C28H46N4O4/c1-17(2)21(16-18(3)24(29)33)32(10)26(35)23(27(4,5)6)31-25(34)22(30-9)28(7,8)19-12-14-20(36-11)15-13-19/h12-17,21-23,30H,1-11H3,(H2,29,33)(H,31,34)/b18-16+/t21-,22-,23-/m1/s1. The zero-order valence-corrected chi connectivity index (χ0v) is 23.9. The van der Waals surface area contributed by atoms with Crippen molar-refractivity contribution in [3.63, 3.8) is 0 Å². The van der Waals surface area contributed by atoms with Crippen molar-refractivity contribution < 1.29 is 19.1 Å². The highest BCUT2D eigenvalue weighted by molar-refractivity contribution is 5.92. The molecule has 0 bridgehead atoms. The lowest BCUT2D eigenvalue weighted by Gasteiger charge is -2.40. The van der Waals surface area contributed by atoms with Crippen LogP contribution in [0.25, 0.3) is 0 Å². The third-order valence-corrected chi connectivity index (χ3v) is 6.79. The van der Waals surface area contributed by atoms with Gasteiger partial charge in [0.05, 0.1) is 19.2 Å². The maximum atomic E-state index is 13.8. The predicted molar refractivity (Wildman–Crippen MR) is 145 cm³/mol. The maximum Gasteiger partial charge on any atom is 0.245 e. The second kappa shape index (κ2) is 12.4. The first kappa shape index (κ1) is 31.2. The number of carbonyl (C=O) groups excluding carboxylic acids is 3. The molecule has 8 heteroatoms. The lowest BCUT2D eigenvalue weighted by atomic mass is 9.76. The number of primary amides is 1. The Morgan fingerprint density at radius 2 is 1.56 bits per heavy atom. The SMILES string of the molecule is CN[C@H](C(=O)N[C@H](C(=O)N(C)[C@H](/C=C(\C)C(N)=O)C(C)C)C(C)(C)C)C(C)(C)c1ccc(OC)cc1. The van der Waals surface area contributed by atoms with Gasteiger partial charge in [0.15, 0.2) is 0 Å². The highest BCUT2D eigenvalue weighted by Gasteiger charge is 2.41. The van der Waals surface area contributed by atoms with Crippen LogP contribution in [0.1, 0.15) is 61.0 Å². The van der Waals surface area contributed by atoms with Crippen LogP contribution in [-0.2, 0) is 19.8 Å². The lowest BCUT2D eigenvalue weighted by Crippen LogP contribution is -2.61. The van der Waals surface area contributed by atoms with Crippen LogP contribution in [0.3, 0.4) is 0 Å². The van der Waals surface area contributed by atoms with Gasteiger partial charge in [0.2, 0.25) is 17.7 Å². The smallest absolute Gasteiger partial charge is 0.245 e. The van der Waals surface area contributed by atoms with Gasteiger partial charge in [-0.25, -0.2) is 0 Å². The topological polar surface area (TPSA) is 114 Å². The third-order valence-electron chi connectivity index (χ3n) is 6.79. The molecule has 8 nitrogen and oxygen atoms in total. The molecule has 0 heterocycles. The van der Waals surface area contributed by atoms with Gasteiger partial charge in [0.25, 0.3) is 0 Å². The first-order valence-corrected chi connectivity index (χ1v) is 12.4. The molecule has 4 N–H and O–H groups in total. The van der Waals surface area contributed by atoms with E-state index in [0.717, 1.165) is 11.3 Å². The minimum absolute atomic E-state index is 0.0311. The van der Waals surface area contributed by atoms with Crippen LogP contribution in [0.2, 0.25) is 0 Å². The van der Waals surface area contributed by atoms with Crippen molar-refractivity contribution in [1.29, 1.82) is 0 Å². The molecule has 202 valence electrons. The molecule has 3 amide bonds. The van der Waals surface area contributed by atoms with Gasteiger partial charge in [-0.15, -0.1) is 0 Å². The number of nitrogens with two attached hydrogens (primary N) is 1. The second-order valence-electron chi connectivity index (χ2n) is 11.4. The molecule has 1 aromatic carbocycles. The minimum atomic E-state index is -0.791. The van der Waals surface area contributed by atoms with E-state index in [-0.39, 0.29) is 23.8 Å². The summed E-state index contributed by atoms with van der Waals surface area (Å²) < 4.78 is 5.26. The average molecular weight is 503 g/mol. The molecule has 0 spiro atoms. The molecule has 0 unspecified atom stereocenters. The molecule has 0 radical (unpaired) electrons. The van der Waals surface area contributed by atoms with E-state index in [2.05, 4.69) is 10.6 Å². The van der Waals surface area contributed by atoms with Crippen LogP contribution in [0.15, 0.2) is 35.9 Å². The molecule has 1 rings (SSSR count). The molecule has 0 saturated carbocycles. The summed E-state index contributed by atoms with van der Waals surface area (Å²) in [6.07, 6.45) is 1.72. The monoisotopic (exact) mass is 502 g/mol. The van der Waals surface area contributed by atoms with Crippen molar-refractivity contribution in [2.24, 2.45) is 17.1 Å². The van der Waals surface area contributed by atoms with E-state index in [1.807, 2.05) is 72.7 Å². The molecular weight excluding hydrogens is 456 g/mol. The van der Waals surface area contributed by atoms with Crippen molar-refractivity contribution >= 4 is 17.7 Å². The normalized spacial score (nSPS) is 15.2. The molecule has 1 aromatic rings. The summed E-state index contributed by atoms with van der Waals surface area (Å²) in [4.78, 5) is 40.6. The second-order valence-corrected chi connectivity index (χ2v) is 11.4. The fraction of sp³-hybridized carbons (Fsp3) is 0.607. The largest absolute Gasteiger partial charge is 0.497 e. The van der Waals surface area contributed by atoms with E-state index in [9.17, 15) is 14.4 Å². The summed E-state index contributed by atoms with van der Waals surface area (Å²) in [5.41, 5.74) is 5.64. The van der Waals surface area contributed by atoms with E-state index >= 15 is 0 Å². The average Bonchev–Trinajstić information content (AvgIpc) is 2.79. The van der Waals surface area contributed by atoms with E-state index in [1.54, 1.807) is 39.1 Å². The van der Waals surface area contributed by atoms with Gasteiger partial charge in [0.1, 0.15) is 11.8 Å². The van der Waals surface area contributed by atoms with E-state index in [1.165, 1.54) is 0 Å². The minimum Gasteiger partial charge on any atom is -0.497 e. The quantitative estimate of drug-likeness (QED) is 0.403. The summed E-state index contributed by atoms with van der Waals surface area (Å²) in [5.74, 6) is -0.268. The number of nitrogens with one attached hydrogen (secondary N) is 2. The first-order chi connectivity index (χ1) is 16.5. The van der Waals surface area contributed by atoms with Crippen LogP contribution < -0.4 is 21.1 Å². The zero-order chi connectivity index (χ0) is 28.0. The number of amides is 3. The Morgan fingerprint density at radius 3 is 1.94 bits per heavy atom. The molecule has 0 aliphatic carbocycles. The van der Waals surface area contributed by atoms with Gasteiger partial charge >= 0.3 is 0 Å². The summed E-state index contributed by atoms with van der Waals surface area (Å²) in [7, 11) is 5.04. The number of hydrogen-bond acceptors (Lipinski definition) is 5. The lowest BCUT2D eigenvalue weighted by molar-refractivity contribution is -0.140. The number of methoxy groups -OCH3 is 1. The van der Waals surface area contributed by atoms with Crippen molar-refractivity contribution in [1.82, 2.24) is 15.5 Å². The number of benzene rings is 1. The van der Waals surface area contributed by atoms with E-state index < -0.39 is 28.8 Å². The van der Waals surface area contributed by atoms with Crippen molar-refractivity contribution in [2.45, 2.75) is 78.9 Å². The van der Waals surface area contributed by atoms with Gasteiger partial charge < -0.3 is 26.0 Å². The summed E-state index contributed by atoms with van der Waals surface area (Å²) in [6, 6.07) is 5.86. The molecular formula is C28H46N4O4. The molecule has 0 aromatic heterocycles. The van der Waals surface area contributed by atoms with Gasteiger partial charge in [-0.05, 0) is 43.0 Å². The molecule has 0 aliphatic heterocycles. The fourth-order valence-corrected chi connectivity index (χ4v) is 4.32. The number of hydrogen-bond donors (Lipinski definition) is 3. The fourth-order valence-electron chi connectivity index (χ4n) is 4.32. The third kappa shape index (κ3) is 7.56. The highest BCUT2D eigenvalue weighted by Crippen LogP contribution is 2.30.